The lowest BCUT2D eigenvalue weighted by atomic mass is 10.0. The Morgan fingerprint density at radius 1 is 1.31 bits per heavy atom. The summed E-state index contributed by atoms with van der Waals surface area (Å²) in [4.78, 5) is 11.6. The van der Waals surface area contributed by atoms with Gasteiger partial charge in [-0.05, 0) is 25.7 Å². The van der Waals surface area contributed by atoms with E-state index in [2.05, 4.69) is 24.5 Å². The SMILES string of the molecule is CCCNC(=O)C(C)NC(CO)CC(C)C. The molecule has 4 heteroatoms. The standard InChI is InChI=1S/C12H26N2O2/c1-5-6-13-12(16)10(4)14-11(8-15)7-9(2)3/h9-11,14-15H,5-8H2,1-4H3,(H,13,16). The number of aliphatic hydroxyl groups excluding tert-OH is 1. The Hall–Kier alpha value is -0.610. The summed E-state index contributed by atoms with van der Waals surface area (Å²) in [6, 6.07) is -0.246. The van der Waals surface area contributed by atoms with E-state index in [1.807, 2.05) is 13.8 Å². The molecule has 2 unspecified atom stereocenters. The first kappa shape index (κ1) is 15.4. The largest absolute Gasteiger partial charge is 0.395 e. The van der Waals surface area contributed by atoms with Crippen LogP contribution < -0.4 is 10.6 Å². The molecule has 0 aromatic heterocycles. The van der Waals surface area contributed by atoms with Gasteiger partial charge in [-0.2, -0.15) is 0 Å². The van der Waals surface area contributed by atoms with Crippen LogP contribution in [0, 0.1) is 5.92 Å². The number of carbonyl (C=O) groups excluding carboxylic acids is 1. The molecule has 0 radical (unpaired) electrons. The van der Waals surface area contributed by atoms with E-state index in [-0.39, 0.29) is 24.6 Å². The fraction of sp³-hybridized carbons (Fsp3) is 0.917. The second kappa shape index (κ2) is 8.53. The highest BCUT2D eigenvalue weighted by atomic mass is 16.3. The molecule has 0 fully saturated rings. The van der Waals surface area contributed by atoms with Crippen LogP contribution in [0.15, 0.2) is 0 Å². The van der Waals surface area contributed by atoms with Crippen molar-refractivity contribution in [3.63, 3.8) is 0 Å². The van der Waals surface area contributed by atoms with E-state index in [9.17, 15) is 9.90 Å². The van der Waals surface area contributed by atoms with E-state index in [1.165, 1.54) is 0 Å². The van der Waals surface area contributed by atoms with Gasteiger partial charge in [-0.15, -0.1) is 0 Å². The van der Waals surface area contributed by atoms with Gasteiger partial charge < -0.3 is 15.7 Å². The molecule has 0 aliphatic rings. The number of rotatable bonds is 8. The normalized spacial score (nSPS) is 14.9. The smallest absolute Gasteiger partial charge is 0.236 e. The minimum absolute atomic E-state index is 0.00220. The zero-order chi connectivity index (χ0) is 12.6. The van der Waals surface area contributed by atoms with Crippen LogP contribution in [0.5, 0.6) is 0 Å². The molecule has 0 saturated heterocycles. The quantitative estimate of drug-likeness (QED) is 0.580. The van der Waals surface area contributed by atoms with Gasteiger partial charge in [-0.3, -0.25) is 4.79 Å². The molecular formula is C12H26N2O2. The highest BCUT2D eigenvalue weighted by molar-refractivity contribution is 5.81. The molecule has 0 aliphatic heterocycles. The van der Waals surface area contributed by atoms with Gasteiger partial charge in [0.2, 0.25) is 5.91 Å². The molecule has 0 saturated carbocycles. The maximum atomic E-state index is 11.6. The molecule has 0 heterocycles. The second-order valence-corrected chi connectivity index (χ2v) is 4.69. The maximum Gasteiger partial charge on any atom is 0.236 e. The predicted molar refractivity (Wildman–Crippen MR) is 66.2 cm³/mol. The number of aliphatic hydroxyl groups is 1. The zero-order valence-corrected chi connectivity index (χ0v) is 10.9. The van der Waals surface area contributed by atoms with Crippen LogP contribution in [0.2, 0.25) is 0 Å². The van der Waals surface area contributed by atoms with Gasteiger partial charge in [-0.25, -0.2) is 0 Å². The van der Waals surface area contributed by atoms with E-state index >= 15 is 0 Å². The van der Waals surface area contributed by atoms with Crippen LogP contribution in [0.25, 0.3) is 0 Å². The number of nitrogens with one attached hydrogen (secondary N) is 2. The van der Waals surface area contributed by atoms with Crippen molar-refractivity contribution >= 4 is 5.91 Å². The number of amides is 1. The molecule has 0 aliphatic carbocycles. The minimum atomic E-state index is -0.248. The number of hydrogen-bond acceptors (Lipinski definition) is 3. The van der Waals surface area contributed by atoms with Crippen molar-refractivity contribution in [1.29, 1.82) is 0 Å². The Balaban J connectivity index is 3.98. The molecule has 0 rings (SSSR count). The summed E-state index contributed by atoms with van der Waals surface area (Å²) >= 11 is 0. The van der Waals surface area contributed by atoms with Crippen molar-refractivity contribution in [3.05, 3.63) is 0 Å². The van der Waals surface area contributed by atoms with Gasteiger partial charge in [0.15, 0.2) is 0 Å². The third-order valence-electron chi connectivity index (χ3n) is 2.40. The van der Waals surface area contributed by atoms with Crippen molar-refractivity contribution < 1.29 is 9.90 Å². The summed E-state index contributed by atoms with van der Waals surface area (Å²) in [5, 5.41) is 15.2. The molecule has 1 amide bonds. The first-order valence-corrected chi connectivity index (χ1v) is 6.15. The molecule has 16 heavy (non-hydrogen) atoms. The average Bonchev–Trinajstić information content (AvgIpc) is 2.23. The van der Waals surface area contributed by atoms with E-state index < -0.39 is 0 Å². The molecule has 0 aromatic carbocycles. The van der Waals surface area contributed by atoms with E-state index in [4.69, 9.17) is 0 Å². The third kappa shape index (κ3) is 6.80. The molecule has 4 nitrogen and oxygen atoms in total. The topological polar surface area (TPSA) is 61.4 Å². The van der Waals surface area contributed by atoms with Crippen LogP contribution in [0.4, 0.5) is 0 Å². The lowest BCUT2D eigenvalue weighted by Crippen LogP contribution is -2.48. The second-order valence-electron chi connectivity index (χ2n) is 4.69. The average molecular weight is 230 g/mol. The lowest BCUT2D eigenvalue weighted by molar-refractivity contribution is -0.123. The Morgan fingerprint density at radius 2 is 1.94 bits per heavy atom. The zero-order valence-electron chi connectivity index (χ0n) is 10.9. The molecule has 2 atom stereocenters. The summed E-state index contributed by atoms with van der Waals surface area (Å²) < 4.78 is 0. The summed E-state index contributed by atoms with van der Waals surface area (Å²) in [6.45, 7) is 8.84. The first-order valence-electron chi connectivity index (χ1n) is 6.15. The van der Waals surface area contributed by atoms with Gasteiger partial charge in [-0.1, -0.05) is 20.8 Å². The number of carbonyl (C=O) groups is 1. The Morgan fingerprint density at radius 3 is 2.38 bits per heavy atom. The minimum Gasteiger partial charge on any atom is -0.395 e. The van der Waals surface area contributed by atoms with Crippen LogP contribution >= 0.6 is 0 Å². The molecule has 3 N–H and O–H groups in total. The molecule has 0 aromatic rings. The molecular weight excluding hydrogens is 204 g/mol. The Kier molecular flexibility index (Phi) is 8.21. The van der Waals surface area contributed by atoms with E-state index in [1.54, 1.807) is 0 Å². The van der Waals surface area contributed by atoms with Crippen LogP contribution in [0.3, 0.4) is 0 Å². The molecule has 96 valence electrons. The van der Waals surface area contributed by atoms with Crippen molar-refractivity contribution in [2.75, 3.05) is 13.2 Å². The molecule has 0 spiro atoms. The van der Waals surface area contributed by atoms with Gasteiger partial charge in [0, 0.05) is 12.6 Å². The van der Waals surface area contributed by atoms with Crippen LogP contribution in [-0.2, 0) is 4.79 Å². The van der Waals surface area contributed by atoms with Gasteiger partial charge in [0.1, 0.15) is 0 Å². The van der Waals surface area contributed by atoms with Crippen LogP contribution in [-0.4, -0.2) is 36.2 Å². The molecule has 0 bridgehead atoms. The van der Waals surface area contributed by atoms with Crippen molar-refractivity contribution in [2.24, 2.45) is 5.92 Å². The maximum absolute atomic E-state index is 11.6. The summed E-state index contributed by atoms with van der Waals surface area (Å²) in [5.41, 5.74) is 0. The fourth-order valence-electron chi connectivity index (χ4n) is 1.59. The van der Waals surface area contributed by atoms with Crippen LogP contribution in [0.1, 0.15) is 40.5 Å². The fourth-order valence-corrected chi connectivity index (χ4v) is 1.59. The van der Waals surface area contributed by atoms with Gasteiger partial charge >= 0.3 is 0 Å². The summed E-state index contributed by atoms with van der Waals surface area (Å²) in [5.74, 6) is 0.514. The predicted octanol–water partition coefficient (Wildman–Crippen LogP) is 0.898. The van der Waals surface area contributed by atoms with Crippen molar-refractivity contribution in [3.8, 4) is 0 Å². The summed E-state index contributed by atoms with van der Waals surface area (Å²) in [6.07, 6.45) is 1.82. The Bertz CT molecular complexity index is 195. The van der Waals surface area contributed by atoms with Crippen molar-refractivity contribution in [2.45, 2.75) is 52.6 Å². The summed E-state index contributed by atoms with van der Waals surface area (Å²) in [7, 11) is 0. The highest BCUT2D eigenvalue weighted by Crippen LogP contribution is 2.04. The third-order valence-corrected chi connectivity index (χ3v) is 2.40. The van der Waals surface area contributed by atoms with Gasteiger partial charge in [0.25, 0.3) is 0 Å². The van der Waals surface area contributed by atoms with E-state index in [0.29, 0.717) is 12.5 Å². The lowest BCUT2D eigenvalue weighted by Gasteiger charge is -2.22. The van der Waals surface area contributed by atoms with E-state index in [0.717, 1.165) is 12.8 Å². The van der Waals surface area contributed by atoms with Gasteiger partial charge in [0.05, 0.1) is 12.6 Å². The first-order chi connectivity index (χ1) is 7.51. The van der Waals surface area contributed by atoms with Crippen molar-refractivity contribution in [1.82, 2.24) is 10.6 Å². The number of hydrogen-bond donors (Lipinski definition) is 3. The Labute approximate surface area is 98.8 Å². The highest BCUT2D eigenvalue weighted by Gasteiger charge is 2.17. The monoisotopic (exact) mass is 230 g/mol.